The van der Waals surface area contributed by atoms with Crippen LogP contribution in [0.25, 0.3) is 6.08 Å². The highest BCUT2D eigenvalue weighted by molar-refractivity contribution is 8.18. The first-order valence-electron chi connectivity index (χ1n) is 7.64. The first-order chi connectivity index (χ1) is 10.6. The van der Waals surface area contributed by atoms with E-state index >= 15 is 0 Å². The smallest absolute Gasteiger partial charge is 0.268 e. The van der Waals surface area contributed by atoms with Crippen molar-refractivity contribution < 1.29 is 14.0 Å². The lowest BCUT2D eigenvalue weighted by atomic mass is 9.89. The van der Waals surface area contributed by atoms with Crippen molar-refractivity contribution in [2.45, 2.75) is 32.1 Å². The third-order valence-corrected chi connectivity index (χ3v) is 5.09. The van der Waals surface area contributed by atoms with Crippen LogP contribution in [0.5, 0.6) is 0 Å². The second kappa shape index (κ2) is 6.65. The van der Waals surface area contributed by atoms with Crippen LogP contribution in [0.4, 0.5) is 9.18 Å². The normalized spacial score (nSPS) is 21.9. The predicted molar refractivity (Wildman–Crippen MR) is 85.7 cm³/mol. The van der Waals surface area contributed by atoms with Crippen LogP contribution in [0.1, 0.15) is 37.7 Å². The number of rotatable bonds is 3. The molecule has 2 amide bonds. The van der Waals surface area contributed by atoms with E-state index in [-0.39, 0.29) is 17.0 Å². The molecule has 3 nitrogen and oxygen atoms in total. The largest absolute Gasteiger partial charge is 0.293 e. The van der Waals surface area contributed by atoms with Crippen molar-refractivity contribution in [3.63, 3.8) is 0 Å². The van der Waals surface area contributed by atoms with Crippen molar-refractivity contribution in [3.05, 3.63) is 40.6 Å². The molecule has 1 saturated carbocycles. The van der Waals surface area contributed by atoms with Crippen LogP contribution >= 0.6 is 11.8 Å². The van der Waals surface area contributed by atoms with Gasteiger partial charge in [-0.3, -0.25) is 14.5 Å². The van der Waals surface area contributed by atoms with Crippen LogP contribution in [0.15, 0.2) is 29.2 Å². The molecule has 0 spiro atoms. The number of imide groups is 1. The summed E-state index contributed by atoms with van der Waals surface area (Å²) in [4.78, 5) is 26.2. The molecule has 1 aromatic carbocycles. The molecule has 22 heavy (non-hydrogen) atoms. The van der Waals surface area contributed by atoms with E-state index in [2.05, 4.69) is 0 Å². The Hall–Kier alpha value is -1.62. The van der Waals surface area contributed by atoms with E-state index in [0.717, 1.165) is 24.6 Å². The van der Waals surface area contributed by atoms with E-state index in [0.29, 0.717) is 22.9 Å². The molecule has 0 atom stereocenters. The molecular weight excluding hydrogens is 301 g/mol. The molecule has 2 fully saturated rings. The monoisotopic (exact) mass is 319 g/mol. The number of carbonyl (C=O) groups is 2. The summed E-state index contributed by atoms with van der Waals surface area (Å²) < 4.78 is 13.2. The highest BCUT2D eigenvalue weighted by Gasteiger charge is 2.36. The lowest BCUT2D eigenvalue weighted by molar-refractivity contribution is -0.123. The van der Waals surface area contributed by atoms with Gasteiger partial charge in [-0.1, -0.05) is 31.4 Å². The van der Waals surface area contributed by atoms with Gasteiger partial charge < -0.3 is 0 Å². The Kier molecular flexibility index (Phi) is 4.62. The third kappa shape index (κ3) is 3.40. The fourth-order valence-electron chi connectivity index (χ4n) is 3.03. The number of thioether (sulfide) groups is 1. The highest BCUT2D eigenvalue weighted by atomic mass is 32.2. The number of halogens is 1. The Morgan fingerprint density at radius 3 is 2.73 bits per heavy atom. The molecule has 1 heterocycles. The standard InChI is InChI=1S/C17H18FNO2S/c18-14-8-4-7-13(9-14)10-15-16(20)19(17(21)22-15)11-12-5-2-1-3-6-12/h4,7-10,12H,1-3,5-6,11H2/b15-10+. The number of nitrogens with zero attached hydrogens (tertiary/aromatic N) is 1. The fourth-order valence-corrected chi connectivity index (χ4v) is 3.88. The molecule has 0 N–H and O–H groups in total. The van der Waals surface area contributed by atoms with Gasteiger partial charge in [0.05, 0.1) is 4.91 Å². The summed E-state index contributed by atoms with van der Waals surface area (Å²) in [7, 11) is 0. The summed E-state index contributed by atoms with van der Waals surface area (Å²) >= 11 is 0.947. The summed E-state index contributed by atoms with van der Waals surface area (Å²) in [6.45, 7) is 0.519. The van der Waals surface area contributed by atoms with Crippen LogP contribution in [0.2, 0.25) is 0 Å². The molecule has 0 radical (unpaired) electrons. The summed E-state index contributed by atoms with van der Waals surface area (Å²) in [6, 6.07) is 6.02. The second-order valence-electron chi connectivity index (χ2n) is 5.85. The van der Waals surface area contributed by atoms with Crippen molar-refractivity contribution >= 4 is 29.0 Å². The topological polar surface area (TPSA) is 37.4 Å². The van der Waals surface area contributed by atoms with Crippen LogP contribution in [0, 0.1) is 11.7 Å². The van der Waals surface area contributed by atoms with Gasteiger partial charge >= 0.3 is 0 Å². The van der Waals surface area contributed by atoms with Crippen LogP contribution in [-0.2, 0) is 4.79 Å². The molecular formula is C17H18FNO2S. The van der Waals surface area contributed by atoms with Gasteiger partial charge in [-0.05, 0) is 54.3 Å². The molecule has 5 heteroatoms. The summed E-state index contributed by atoms with van der Waals surface area (Å²) in [5.74, 6) is -0.171. The van der Waals surface area contributed by atoms with Crippen LogP contribution in [0.3, 0.4) is 0 Å². The molecule has 1 aliphatic heterocycles. The predicted octanol–water partition coefficient (Wildman–Crippen LogP) is 4.44. The Labute approximate surface area is 133 Å². The first kappa shape index (κ1) is 15.3. The molecule has 3 rings (SSSR count). The number of hydrogen-bond donors (Lipinski definition) is 0. The Morgan fingerprint density at radius 2 is 2.00 bits per heavy atom. The van der Waals surface area contributed by atoms with Crippen molar-refractivity contribution in [3.8, 4) is 0 Å². The molecule has 2 aliphatic rings. The van der Waals surface area contributed by atoms with E-state index in [1.54, 1.807) is 18.2 Å². The molecule has 1 aliphatic carbocycles. The summed E-state index contributed by atoms with van der Waals surface area (Å²) in [5, 5.41) is -0.210. The van der Waals surface area contributed by atoms with Crippen molar-refractivity contribution in [2.75, 3.05) is 6.54 Å². The number of carbonyl (C=O) groups excluding carboxylic acids is 2. The third-order valence-electron chi connectivity index (χ3n) is 4.19. The van der Waals surface area contributed by atoms with Crippen molar-refractivity contribution in [2.24, 2.45) is 5.92 Å². The van der Waals surface area contributed by atoms with E-state index in [9.17, 15) is 14.0 Å². The average molecular weight is 319 g/mol. The van der Waals surface area contributed by atoms with E-state index in [4.69, 9.17) is 0 Å². The Morgan fingerprint density at radius 1 is 1.23 bits per heavy atom. The quantitative estimate of drug-likeness (QED) is 0.773. The second-order valence-corrected chi connectivity index (χ2v) is 6.84. The lowest BCUT2D eigenvalue weighted by Crippen LogP contribution is -2.34. The molecule has 1 saturated heterocycles. The lowest BCUT2D eigenvalue weighted by Gasteiger charge is -2.25. The maximum absolute atomic E-state index is 13.2. The van der Waals surface area contributed by atoms with Crippen LogP contribution in [-0.4, -0.2) is 22.6 Å². The Balaban J connectivity index is 1.73. The maximum atomic E-state index is 13.2. The zero-order chi connectivity index (χ0) is 15.5. The minimum absolute atomic E-state index is 0.210. The van der Waals surface area contributed by atoms with Crippen molar-refractivity contribution in [1.29, 1.82) is 0 Å². The average Bonchev–Trinajstić information content (AvgIpc) is 2.76. The zero-order valence-electron chi connectivity index (χ0n) is 12.3. The molecule has 0 aromatic heterocycles. The minimum Gasteiger partial charge on any atom is -0.268 e. The van der Waals surface area contributed by atoms with Gasteiger partial charge in [-0.2, -0.15) is 0 Å². The van der Waals surface area contributed by atoms with Gasteiger partial charge in [-0.15, -0.1) is 0 Å². The SMILES string of the molecule is O=C1S/C(=C/c2cccc(F)c2)C(=O)N1CC1CCCCC1. The molecule has 0 bridgehead atoms. The number of amides is 2. The van der Waals surface area contributed by atoms with Crippen LogP contribution < -0.4 is 0 Å². The first-order valence-corrected chi connectivity index (χ1v) is 8.46. The number of hydrogen-bond acceptors (Lipinski definition) is 3. The van der Waals surface area contributed by atoms with Gasteiger partial charge in [0.1, 0.15) is 5.82 Å². The molecule has 0 unspecified atom stereocenters. The van der Waals surface area contributed by atoms with E-state index in [1.165, 1.54) is 36.3 Å². The van der Waals surface area contributed by atoms with Gasteiger partial charge in [0, 0.05) is 6.54 Å². The Bertz CT molecular complexity index is 623. The summed E-state index contributed by atoms with van der Waals surface area (Å²) in [6.07, 6.45) is 7.38. The highest BCUT2D eigenvalue weighted by Crippen LogP contribution is 2.34. The van der Waals surface area contributed by atoms with Gasteiger partial charge in [-0.25, -0.2) is 4.39 Å². The number of benzene rings is 1. The van der Waals surface area contributed by atoms with Gasteiger partial charge in [0.2, 0.25) is 0 Å². The van der Waals surface area contributed by atoms with E-state index in [1.807, 2.05) is 0 Å². The maximum Gasteiger partial charge on any atom is 0.293 e. The summed E-state index contributed by atoms with van der Waals surface area (Å²) in [5.41, 5.74) is 0.600. The zero-order valence-corrected chi connectivity index (χ0v) is 13.1. The molecule has 1 aromatic rings. The van der Waals surface area contributed by atoms with Gasteiger partial charge in [0.15, 0.2) is 0 Å². The van der Waals surface area contributed by atoms with Crippen molar-refractivity contribution in [1.82, 2.24) is 4.90 Å². The minimum atomic E-state index is -0.352. The fraction of sp³-hybridized carbons (Fsp3) is 0.412. The van der Waals surface area contributed by atoms with Gasteiger partial charge in [0.25, 0.3) is 11.1 Å². The van der Waals surface area contributed by atoms with E-state index < -0.39 is 0 Å². The molecule has 116 valence electrons.